The second-order valence-corrected chi connectivity index (χ2v) is 5.48. The Morgan fingerprint density at radius 1 is 1.00 bits per heavy atom. The van der Waals surface area contributed by atoms with E-state index in [2.05, 4.69) is 31.9 Å². The van der Waals surface area contributed by atoms with Crippen molar-refractivity contribution in [2.24, 2.45) is 0 Å². The lowest BCUT2D eigenvalue weighted by Gasteiger charge is -2.06. The summed E-state index contributed by atoms with van der Waals surface area (Å²) < 4.78 is 1.84. The third-order valence-electron chi connectivity index (χ3n) is 2.54. The molecule has 0 aromatic heterocycles. The SMILES string of the molecule is Cc1cccc(C(=O)c2ccc(Br)cc2)c1Br. The first kappa shape index (κ1) is 12.5. The molecule has 0 N–H and O–H groups in total. The van der Waals surface area contributed by atoms with Crippen molar-refractivity contribution >= 4 is 37.6 Å². The summed E-state index contributed by atoms with van der Waals surface area (Å²) in [6.07, 6.45) is 0. The van der Waals surface area contributed by atoms with Gasteiger partial charge < -0.3 is 0 Å². The quantitative estimate of drug-likeness (QED) is 0.712. The van der Waals surface area contributed by atoms with Crippen LogP contribution in [0.5, 0.6) is 0 Å². The number of aryl methyl sites for hydroxylation is 1. The van der Waals surface area contributed by atoms with Gasteiger partial charge in [-0.25, -0.2) is 0 Å². The van der Waals surface area contributed by atoms with Crippen molar-refractivity contribution in [3.8, 4) is 0 Å². The summed E-state index contributed by atoms with van der Waals surface area (Å²) in [4.78, 5) is 12.3. The maximum absolute atomic E-state index is 12.3. The van der Waals surface area contributed by atoms with E-state index in [1.807, 2.05) is 49.4 Å². The van der Waals surface area contributed by atoms with E-state index < -0.39 is 0 Å². The third kappa shape index (κ3) is 2.67. The number of rotatable bonds is 2. The molecular formula is C14H10Br2O. The zero-order chi connectivity index (χ0) is 12.4. The molecule has 0 saturated heterocycles. The second-order valence-electron chi connectivity index (χ2n) is 3.77. The van der Waals surface area contributed by atoms with E-state index in [9.17, 15) is 4.79 Å². The first-order valence-electron chi connectivity index (χ1n) is 5.15. The van der Waals surface area contributed by atoms with Crippen LogP contribution in [0.1, 0.15) is 21.5 Å². The monoisotopic (exact) mass is 352 g/mol. The van der Waals surface area contributed by atoms with E-state index in [1.54, 1.807) is 0 Å². The third-order valence-corrected chi connectivity index (χ3v) is 4.12. The van der Waals surface area contributed by atoms with Crippen LogP contribution >= 0.6 is 31.9 Å². The fraction of sp³-hybridized carbons (Fsp3) is 0.0714. The van der Waals surface area contributed by atoms with Crippen LogP contribution in [-0.4, -0.2) is 5.78 Å². The summed E-state index contributed by atoms with van der Waals surface area (Å²) in [6.45, 7) is 1.97. The first-order valence-corrected chi connectivity index (χ1v) is 6.73. The lowest BCUT2D eigenvalue weighted by molar-refractivity contribution is 0.103. The van der Waals surface area contributed by atoms with Gasteiger partial charge in [-0.15, -0.1) is 0 Å². The Morgan fingerprint density at radius 3 is 2.29 bits per heavy atom. The summed E-state index contributed by atoms with van der Waals surface area (Å²) in [6, 6.07) is 13.1. The molecule has 17 heavy (non-hydrogen) atoms. The maximum Gasteiger partial charge on any atom is 0.194 e. The average molecular weight is 354 g/mol. The molecule has 0 aliphatic carbocycles. The van der Waals surface area contributed by atoms with Gasteiger partial charge >= 0.3 is 0 Å². The van der Waals surface area contributed by atoms with Gasteiger partial charge in [-0.2, -0.15) is 0 Å². The Bertz CT molecular complexity index is 559. The van der Waals surface area contributed by atoms with Crippen molar-refractivity contribution in [2.45, 2.75) is 6.92 Å². The lowest BCUT2D eigenvalue weighted by atomic mass is 10.0. The van der Waals surface area contributed by atoms with E-state index in [4.69, 9.17) is 0 Å². The van der Waals surface area contributed by atoms with Gasteiger partial charge in [0.25, 0.3) is 0 Å². The van der Waals surface area contributed by atoms with Crippen LogP contribution in [0.15, 0.2) is 51.4 Å². The molecule has 86 valence electrons. The number of halogens is 2. The van der Waals surface area contributed by atoms with E-state index >= 15 is 0 Å². The minimum Gasteiger partial charge on any atom is -0.289 e. The van der Waals surface area contributed by atoms with E-state index in [0.29, 0.717) is 11.1 Å². The van der Waals surface area contributed by atoms with E-state index in [0.717, 1.165) is 14.5 Å². The minimum absolute atomic E-state index is 0.0353. The topological polar surface area (TPSA) is 17.1 Å². The number of benzene rings is 2. The highest BCUT2D eigenvalue weighted by atomic mass is 79.9. The molecular weight excluding hydrogens is 344 g/mol. The van der Waals surface area contributed by atoms with Crippen molar-refractivity contribution < 1.29 is 4.79 Å². The van der Waals surface area contributed by atoms with Crippen LogP contribution < -0.4 is 0 Å². The molecule has 2 rings (SSSR count). The number of hydrogen-bond donors (Lipinski definition) is 0. The summed E-state index contributed by atoms with van der Waals surface area (Å²) in [5, 5.41) is 0. The molecule has 1 nitrogen and oxygen atoms in total. The highest BCUT2D eigenvalue weighted by Gasteiger charge is 2.13. The Hall–Kier alpha value is -0.930. The van der Waals surface area contributed by atoms with Crippen molar-refractivity contribution in [1.82, 2.24) is 0 Å². The Balaban J connectivity index is 2.44. The van der Waals surface area contributed by atoms with E-state index in [-0.39, 0.29) is 5.78 Å². The molecule has 0 fully saturated rings. The molecule has 0 bridgehead atoms. The van der Waals surface area contributed by atoms with E-state index in [1.165, 1.54) is 0 Å². The summed E-state index contributed by atoms with van der Waals surface area (Å²) in [5.41, 5.74) is 2.46. The van der Waals surface area contributed by atoms with Crippen LogP contribution in [0.2, 0.25) is 0 Å². The highest BCUT2D eigenvalue weighted by Crippen LogP contribution is 2.24. The zero-order valence-corrected chi connectivity index (χ0v) is 12.4. The molecule has 0 spiro atoms. The molecule has 2 aromatic carbocycles. The molecule has 0 aliphatic rings. The number of ketones is 1. The first-order chi connectivity index (χ1) is 8.09. The van der Waals surface area contributed by atoms with Crippen LogP contribution in [0.4, 0.5) is 0 Å². The van der Waals surface area contributed by atoms with Crippen molar-refractivity contribution in [3.63, 3.8) is 0 Å². The predicted molar refractivity (Wildman–Crippen MR) is 76.5 cm³/mol. The molecule has 0 radical (unpaired) electrons. The Morgan fingerprint density at radius 2 is 1.65 bits per heavy atom. The van der Waals surface area contributed by atoms with Gasteiger partial charge in [0, 0.05) is 20.1 Å². The zero-order valence-electron chi connectivity index (χ0n) is 9.21. The Kier molecular flexibility index (Phi) is 3.79. The highest BCUT2D eigenvalue weighted by molar-refractivity contribution is 9.10. The van der Waals surface area contributed by atoms with Crippen molar-refractivity contribution in [1.29, 1.82) is 0 Å². The maximum atomic E-state index is 12.3. The van der Waals surface area contributed by atoms with Crippen LogP contribution in [0, 0.1) is 6.92 Å². The van der Waals surface area contributed by atoms with Gasteiger partial charge in [-0.05, 0) is 58.7 Å². The molecule has 0 amide bonds. The van der Waals surface area contributed by atoms with Gasteiger partial charge in [0.2, 0.25) is 0 Å². The van der Waals surface area contributed by atoms with Gasteiger partial charge in [0.05, 0.1) is 0 Å². The smallest absolute Gasteiger partial charge is 0.194 e. The molecule has 0 atom stereocenters. The molecule has 2 aromatic rings. The largest absolute Gasteiger partial charge is 0.289 e. The normalized spacial score (nSPS) is 10.3. The number of carbonyl (C=O) groups excluding carboxylic acids is 1. The minimum atomic E-state index is 0.0353. The Labute approximate surface area is 117 Å². The van der Waals surface area contributed by atoms with Gasteiger partial charge in [-0.3, -0.25) is 4.79 Å². The fourth-order valence-electron chi connectivity index (χ4n) is 1.58. The van der Waals surface area contributed by atoms with Gasteiger partial charge in [0.15, 0.2) is 5.78 Å². The molecule has 0 saturated carbocycles. The van der Waals surface area contributed by atoms with Crippen molar-refractivity contribution in [3.05, 3.63) is 68.1 Å². The number of hydrogen-bond acceptors (Lipinski definition) is 1. The van der Waals surface area contributed by atoms with Crippen molar-refractivity contribution in [2.75, 3.05) is 0 Å². The fourth-order valence-corrected chi connectivity index (χ4v) is 2.29. The van der Waals surface area contributed by atoms with Gasteiger partial charge in [0.1, 0.15) is 0 Å². The van der Waals surface area contributed by atoms with Gasteiger partial charge in [-0.1, -0.05) is 28.1 Å². The summed E-state index contributed by atoms with van der Waals surface area (Å²) in [5.74, 6) is 0.0353. The number of carbonyl (C=O) groups is 1. The molecule has 3 heteroatoms. The van der Waals surface area contributed by atoms with Crippen LogP contribution in [0.25, 0.3) is 0 Å². The standard InChI is InChI=1S/C14H10Br2O/c1-9-3-2-4-12(13(9)16)14(17)10-5-7-11(15)8-6-10/h2-8H,1H3. The van der Waals surface area contributed by atoms with Crippen LogP contribution in [0.3, 0.4) is 0 Å². The average Bonchev–Trinajstić information content (AvgIpc) is 2.33. The molecule has 0 heterocycles. The summed E-state index contributed by atoms with van der Waals surface area (Å²) in [7, 11) is 0. The summed E-state index contributed by atoms with van der Waals surface area (Å²) >= 11 is 6.82. The molecule has 0 aliphatic heterocycles. The molecule has 0 unspecified atom stereocenters. The second kappa shape index (κ2) is 5.15. The predicted octanol–water partition coefficient (Wildman–Crippen LogP) is 4.75. The van der Waals surface area contributed by atoms with Crippen LogP contribution in [-0.2, 0) is 0 Å². The lowest BCUT2D eigenvalue weighted by Crippen LogP contribution is -2.02.